The summed E-state index contributed by atoms with van der Waals surface area (Å²) >= 11 is 1.84. The number of aromatic nitrogens is 1. The van der Waals surface area contributed by atoms with Gasteiger partial charge in [0.2, 0.25) is 0 Å². The van der Waals surface area contributed by atoms with E-state index in [0.717, 1.165) is 11.4 Å². The van der Waals surface area contributed by atoms with Crippen molar-refractivity contribution < 1.29 is 0 Å². The zero-order valence-corrected chi connectivity index (χ0v) is 8.53. The topological polar surface area (TPSA) is 12.9 Å². The lowest BCUT2D eigenvalue weighted by Gasteiger charge is -2.00. The first-order chi connectivity index (χ1) is 5.86. The normalized spacial score (nSPS) is 10.2. The van der Waals surface area contributed by atoms with Gasteiger partial charge < -0.3 is 0 Å². The Morgan fingerprint density at radius 3 is 2.83 bits per heavy atom. The molecule has 0 N–H and O–H groups in total. The number of thioether (sulfide) groups is 1. The Morgan fingerprint density at radius 1 is 1.33 bits per heavy atom. The molecule has 0 aliphatic heterocycles. The molecule has 1 aromatic rings. The van der Waals surface area contributed by atoms with Gasteiger partial charge in [-0.1, -0.05) is 19.9 Å². The second-order valence-corrected chi connectivity index (χ2v) is 3.78. The largest absolute Gasteiger partial charge is 0.247 e. The molecule has 0 saturated carbocycles. The van der Waals surface area contributed by atoms with Gasteiger partial charge in [-0.15, -0.1) is 11.8 Å². The van der Waals surface area contributed by atoms with Crippen molar-refractivity contribution in [3.63, 3.8) is 0 Å². The molecule has 0 spiro atoms. The van der Waals surface area contributed by atoms with Crippen LogP contribution in [-0.4, -0.2) is 10.7 Å². The summed E-state index contributed by atoms with van der Waals surface area (Å²) in [7, 11) is 0. The summed E-state index contributed by atoms with van der Waals surface area (Å²) in [6.07, 6.45) is 2.24. The van der Waals surface area contributed by atoms with E-state index < -0.39 is 0 Å². The zero-order chi connectivity index (χ0) is 8.81. The average molecular weight is 181 g/mol. The summed E-state index contributed by atoms with van der Waals surface area (Å²) in [4.78, 5) is 4.49. The highest BCUT2D eigenvalue weighted by Crippen LogP contribution is 2.16. The monoisotopic (exact) mass is 181 g/mol. The molecular weight excluding hydrogens is 166 g/mol. The molecule has 0 unspecified atom stereocenters. The van der Waals surface area contributed by atoms with Gasteiger partial charge in [-0.3, -0.25) is 0 Å². The molecule has 66 valence electrons. The van der Waals surface area contributed by atoms with Gasteiger partial charge in [0.25, 0.3) is 0 Å². The van der Waals surface area contributed by atoms with Crippen LogP contribution in [-0.2, 0) is 6.42 Å². The van der Waals surface area contributed by atoms with Crippen molar-refractivity contribution in [3.05, 3.63) is 23.9 Å². The van der Waals surface area contributed by atoms with Crippen LogP contribution in [0.25, 0.3) is 0 Å². The maximum absolute atomic E-state index is 4.49. The average Bonchev–Trinajstić information content (AvgIpc) is 2.15. The van der Waals surface area contributed by atoms with Crippen LogP contribution in [0.3, 0.4) is 0 Å². The number of rotatable bonds is 4. The molecular formula is C10H15NS. The zero-order valence-electron chi connectivity index (χ0n) is 7.71. The van der Waals surface area contributed by atoms with Gasteiger partial charge in [-0.2, -0.15) is 0 Å². The van der Waals surface area contributed by atoms with Crippen LogP contribution >= 0.6 is 11.8 Å². The van der Waals surface area contributed by atoms with Crippen LogP contribution in [0.15, 0.2) is 23.2 Å². The van der Waals surface area contributed by atoms with E-state index in [0.29, 0.717) is 0 Å². The fourth-order valence-electron chi connectivity index (χ4n) is 0.942. The number of pyridine rings is 1. The van der Waals surface area contributed by atoms with Crippen molar-refractivity contribution >= 4 is 11.8 Å². The third kappa shape index (κ3) is 2.86. The summed E-state index contributed by atoms with van der Waals surface area (Å²) < 4.78 is 0. The lowest BCUT2D eigenvalue weighted by molar-refractivity contribution is 0.969. The van der Waals surface area contributed by atoms with Crippen LogP contribution < -0.4 is 0 Å². The fraction of sp³-hybridized carbons (Fsp3) is 0.500. The lowest BCUT2D eigenvalue weighted by Crippen LogP contribution is -1.88. The predicted octanol–water partition coefficient (Wildman–Crippen LogP) is 3.15. The van der Waals surface area contributed by atoms with Crippen molar-refractivity contribution in [2.45, 2.75) is 31.7 Å². The lowest BCUT2D eigenvalue weighted by atomic mass is 10.3. The Kier molecular flexibility index (Phi) is 4.15. The molecule has 0 aromatic carbocycles. The van der Waals surface area contributed by atoms with E-state index in [2.05, 4.69) is 37.0 Å². The maximum Gasteiger partial charge on any atom is 0.0963 e. The Balaban J connectivity index is 2.60. The van der Waals surface area contributed by atoms with Gasteiger partial charge in [0.1, 0.15) is 0 Å². The minimum Gasteiger partial charge on any atom is -0.247 e. The predicted molar refractivity (Wildman–Crippen MR) is 54.6 cm³/mol. The van der Waals surface area contributed by atoms with Crippen molar-refractivity contribution in [1.82, 2.24) is 4.98 Å². The van der Waals surface area contributed by atoms with E-state index in [4.69, 9.17) is 0 Å². The molecule has 0 saturated heterocycles. The van der Waals surface area contributed by atoms with Crippen LogP contribution in [0.1, 0.15) is 26.0 Å². The van der Waals surface area contributed by atoms with Gasteiger partial charge >= 0.3 is 0 Å². The third-order valence-corrected chi connectivity index (χ3v) is 2.73. The molecule has 1 heterocycles. The van der Waals surface area contributed by atoms with Gasteiger partial charge in [0.15, 0.2) is 0 Å². The second-order valence-electron chi connectivity index (χ2n) is 2.67. The molecule has 2 heteroatoms. The first kappa shape index (κ1) is 9.59. The highest BCUT2D eigenvalue weighted by Gasteiger charge is 1.95. The fourth-order valence-corrected chi connectivity index (χ4v) is 1.71. The number of nitrogens with zero attached hydrogens (tertiary/aromatic N) is 1. The van der Waals surface area contributed by atoms with E-state index in [-0.39, 0.29) is 0 Å². The summed E-state index contributed by atoms with van der Waals surface area (Å²) in [6, 6.07) is 6.25. The van der Waals surface area contributed by atoms with Crippen molar-refractivity contribution in [2.75, 3.05) is 5.75 Å². The number of hydrogen-bond donors (Lipinski definition) is 0. The SMILES string of the molecule is CCCSc1cccc(CC)n1. The molecule has 1 aromatic heterocycles. The highest BCUT2D eigenvalue weighted by molar-refractivity contribution is 7.99. The summed E-state index contributed by atoms with van der Waals surface area (Å²) in [5, 5.41) is 1.16. The minimum atomic E-state index is 1.03. The molecule has 12 heavy (non-hydrogen) atoms. The molecule has 0 amide bonds. The van der Waals surface area contributed by atoms with Crippen LogP contribution in [0.2, 0.25) is 0 Å². The molecule has 0 radical (unpaired) electrons. The molecule has 0 atom stereocenters. The third-order valence-electron chi connectivity index (χ3n) is 1.60. The Hall–Kier alpha value is -0.500. The molecule has 1 nitrogen and oxygen atoms in total. The van der Waals surface area contributed by atoms with Crippen LogP contribution in [0.4, 0.5) is 0 Å². The first-order valence-electron chi connectivity index (χ1n) is 4.45. The summed E-state index contributed by atoms with van der Waals surface area (Å²) in [6.45, 7) is 4.33. The summed E-state index contributed by atoms with van der Waals surface area (Å²) in [5.41, 5.74) is 1.19. The Labute approximate surface area is 78.6 Å². The summed E-state index contributed by atoms with van der Waals surface area (Å²) in [5.74, 6) is 1.17. The van der Waals surface area contributed by atoms with Gasteiger partial charge in [-0.25, -0.2) is 4.98 Å². The number of hydrogen-bond acceptors (Lipinski definition) is 2. The molecule has 0 aliphatic carbocycles. The molecule has 1 rings (SSSR count). The smallest absolute Gasteiger partial charge is 0.0963 e. The van der Waals surface area contributed by atoms with Crippen molar-refractivity contribution in [2.24, 2.45) is 0 Å². The van der Waals surface area contributed by atoms with Gasteiger partial charge in [0, 0.05) is 5.69 Å². The van der Waals surface area contributed by atoms with Crippen LogP contribution in [0, 0.1) is 0 Å². The van der Waals surface area contributed by atoms with Crippen molar-refractivity contribution in [1.29, 1.82) is 0 Å². The Morgan fingerprint density at radius 2 is 2.17 bits per heavy atom. The van der Waals surface area contributed by atoms with E-state index in [1.807, 2.05) is 11.8 Å². The standard InChI is InChI=1S/C10H15NS/c1-3-8-12-10-7-5-6-9(4-2)11-10/h5-7H,3-4,8H2,1-2H3. The van der Waals surface area contributed by atoms with Gasteiger partial charge in [-0.05, 0) is 30.7 Å². The molecule has 0 aliphatic rings. The van der Waals surface area contributed by atoms with E-state index >= 15 is 0 Å². The maximum atomic E-state index is 4.49. The number of aryl methyl sites for hydroxylation is 1. The van der Waals surface area contributed by atoms with E-state index in [9.17, 15) is 0 Å². The Bertz CT molecular complexity index is 235. The quantitative estimate of drug-likeness (QED) is 0.662. The second kappa shape index (κ2) is 5.20. The highest BCUT2D eigenvalue weighted by atomic mass is 32.2. The van der Waals surface area contributed by atoms with Crippen molar-refractivity contribution in [3.8, 4) is 0 Å². The van der Waals surface area contributed by atoms with E-state index in [1.165, 1.54) is 17.9 Å². The van der Waals surface area contributed by atoms with Crippen LogP contribution in [0.5, 0.6) is 0 Å². The van der Waals surface area contributed by atoms with E-state index in [1.54, 1.807) is 0 Å². The first-order valence-corrected chi connectivity index (χ1v) is 5.44. The molecule has 0 fully saturated rings. The minimum absolute atomic E-state index is 1.03. The molecule has 0 bridgehead atoms. The van der Waals surface area contributed by atoms with Gasteiger partial charge in [0.05, 0.1) is 5.03 Å².